The number of hydrogen-bond acceptors (Lipinski definition) is 1. The number of benzene rings is 1. The molecule has 0 radical (unpaired) electrons. The highest BCUT2D eigenvalue weighted by atomic mass is 16.5. The molecule has 0 aliphatic heterocycles. The van der Waals surface area contributed by atoms with Crippen molar-refractivity contribution in [3.8, 4) is 5.75 Å². The van der Waals surface area contributed by atoms with Gasteiger partial charge in [-0.05, 0) is 31.1 Å². The van der Waals surface area contributed by atoms with Gasteiger partial charge in [-0.2, -0.15) is 0 Å². The number of rotatable bonds is 3. The summed E-state index contributed by atoms with van der Waals surface area (Å²) in [5.41, 5.74) is 1.25. The Kier molecular flexibility index (Phi) is 3.39. The summed E-state index contributed by atoms with van der Waals surface area (Å²) in [6, 6.07) is 9.79. The van der Waals surface area contributed by atoms with Crippen LogP contribution in [0.3, 0.4) is 0 Å². The molecule has 1 aromatic carbocycles. The van der Waals surface area contributed by atoms with Crippen LogP contribution < -0.4 is 4.74 Å². The molecule has 0 saturated carbocycles. The van der Waals surface area contributed by atoms with Gasteiger partial charge in [0.05, 0.1) is 6.26 Å². The predicted molar refractivity (Wildman–Crippen MR) is 51.1 cm³/mol. The topological polar surface area (TPSA) is 9.23 Å². The van der Waals surface area contributed by atoms with Gasteiger partial charge in [-0.15, -0.1) is 0 Å². The molecule has 0 bridgehead atoms. The summed E-state index contributed by atoms with van der Waals surface area (Å²) in [7, 11) is 0. The second-order valence-electron chi connectivity index (χ2n) is 2.75. The molecule has 0 heterocycles. The minimum absolute atomic E-state index is 0.894. The molecule has 64 valence electrons. The summed E-state index contributed by atoms with van der Waals surface area (Å²) in [4.78, 5) is 0. The van der Waals surface area contributed by atoms with E-state index >= 15 is 0 Å². The first-order valence-corrected chi connectivity index (χ1v) is 4.20. The molecular formula is C11H14O. The lowest BCUT2D eigenvalue weighted by molar-refractivity contribution is 0.474. The zero-order valence-electron chi connectivity index (χ0n) is 7.58. The van der Waals surface area contributed by atoms with Crippen LogP contribution in [-0.4, -0.2) is 0 Å². The summed E-state index contributed by atoms with van der Waals surface area (Å²) in [5, 5.41) is 0. The average Bonchev–Trinajstić information content (AvgIpc) is 2.16. The molecule has 0 spiro atoms. The molecule has 0 N–H and O–H groups in total. The SMILES string of the molecule is CC/C(C)=C/Oc1ccccc1. The van der Waals surface area contributed by atoms with Gasteiger partial charge < -0.3 is 4.74 Å². The summed E-state index contributed by atoms with van der Waals surface area (Å²) < 4.78 is 5.40. The van der Waals surface area contributed by atoms with Gasteiger partial charge in [0.1, 0.15) is 5.75 Å². The molecule has 1 aromatic rings. The average molecular weight is 162 g/mol. The van der Waals surface area contributed by atoms with E-state index in [0.717, 1.165) is 12.2 Å². The third-order valence-electron chi connectivity index (χ3n) is 1.70. The molecule has 0 amide bonds. The molecule has 1 heteroatoms. The van der Waals surface area contributed by atoms with Gasteiger partial charge in [0, 0.05) is 0 Å². The standard InChI is InChI=1S/C11H14O/c1-3-10(2)9-12-11-7-5-4-6-8-11/h4-9H,3H2,1-2H3/b10-9+. The third-order valence-corrected chi connectivity index (χ3v) is 1.70. The monoisotopic (exact) mass is 162 g/mol. The zero-order chi connectivity index (χ0) is 8.81. The first kappa shape index (κ1) is 8.85. The Morgan fingerprint density at radius 1 is 1.33 bits per heavy atom. The van der Waals surface area contributed by atoms with E-state index in [4.69, 9.17) is 4.74 Å². The number of para-hydroxylation sites is 1. The summed E-state index contributed by atoms with van der Waals surface area (Å²) in [6.45, 7) is 4.17. The van der Waals surface area contributed by atoms with Crippen molar-refractivity contribution in [2.24, 2.45) is 0 Å². The fourth-order valence-corrected chi connectivity index (χ4v) is 0.751. The molecule has 1 nitrogen and oxygen atoms in total. The number of hydrogen-bond donors (Lipinski definition) is 0. The van der Waals surface area contributed by atoms with E-state index in [2.05, 4.69) is 13.8 Å². The van der Waals surface area contributed by atoms with E-state index < -0.39 is 0 Å². The largest absolute Gasteiger partial charge is 0.465 e. The van der Waals surface area contributed by atoms with Gasteiger partial charge in [0.25, 0.3) is 0 Å². The van der Waals surface area contributed by atoms with Gasteiger partial charge in [0.2, 0.25) is 0 Å². The molecule has 0 saturated heterocycles. The first-order valence-electron chi connectivity index (χ1n) is 4.20. The van der Waals surface area contributed by atoms with Crippen molar-refractivity contribution in [1.82, 2.24) is 0 Å². The van der Waals surface area contributed by atoms with Crippen molar-refractivity contribution in [1.29, 1.82) is 0 Å². The molecule has 1 rings (SSSR count). The van der Waals surface area contributed by atoms with Gasteiger partial charge in [-0.25, -0.2) is 0 Å². The Morgan fingerprint density at radius 3 is 2.58 bits per heavy atom. The molecule has 0 unspecified atom stereocenters. The van der Waals surface area contributed by atoms with Crippen LogP contribution in [0.25, 0.3) is 0 Å². The lowest BCUT2D eigenvalue weighted by Gasteiger charge is -2.00. The van der Waals surface area contributed by atoms with Crippen molar-refractivity contribution in [2.75, 3.05) is 0 Å². The maximum atomic E-state index is 5.40. The normalized spacial score (nSPS) is 11.3. The molecule has 0 aliphatic carbocycles. The maximum absolute atomic E-state index is 5.40. The highest BCUT2D eigenvalue weighted by Gasteiger charge is 1.87. The van der Waals surface area contributed by atoms with E-state index in [-0.39, 0.29) is 0 Å². The minimum Gasteiger partial charge on any atom is -0.465 e. The Morgan fingerprint density at radius 2 is 2.00 bits per heavy atom. The van der Waals surface area contributed by atoms with Crippen molar-refractivity contribution in [3.05, 3.63) is 42.2 Å². The molecular weight excluding hydrogens is 148 g/mol. The molecule has 0 aliphatic rings. The van der Waals surface area contributed by atoms with Crippen molar-refractivity contribution < 1.29 is 4.74 Å². The molecule has 0 atom stereocenters. The number of allylic oxidation sites excluding steroid dienone is 1. The van der Waals surface area contributed by atoms with Crippen LogP contribution in [0, 0.1) is 0 Å². The summed E-state index contributed by atoms with van der Waals surface area (Å²) in [5.74, 6) is 0.894. The Balaban J connectivity index is 2.54. The second kappa shape index (κ2) is 4.60. The first-order chi connectivity index (χ1) is 5.83. The molecule has 0 fully saturated rings. The minimum atomic E-state index is 0.894. The number of ether oxygens (including phenoxy) is 1. The predicted octanol–water partition coefficient (Wildman–Crippen LogP) is 3.38. The quantitative estimate of drug-likeness (QED) is 0.619. The van der Waals surface area contributed by atoms with Crippen LogP contribution in [0.4, 0.5) is 0 Å². The fraction of sp³-hybridized carbons (Fsp3) is 0.273. The Labute approximate surface area is 73.7 Å². The van der Waals surface area contributed by atoms with E-state index in [1.54, 1.807) is 6.26 Å². The van der Waals surface area contributed by atoms with Crippen LogP contribution in [0.2, 0.25) is 0 Å². The lowest BCUT2D eigenvalue weighted by Crippen LogP contribution is -1.83. The Bertz CT molecular complexity index is 249. The molecule has 12 heavy (non-hydrogen) atoms. The second-order valence-corrected chi connectivity index (χ2v) is 2.75. The van der Waals surface area contributed by atoms with Gasteiger partial charge >= 0.3 is 0 Å². The van der Waals surface area contributed by atoms with Crippen LogP contribution in [0.15, 0.2) is 42.2 Å². The van der Waals surface area contributed by atoms with Gasteiger partial charge in [-0.1, -0.05) is 25.1 Å². The highest BCUT2D eigenvalue weighted by molar-refractivity contribution is 5.22. The maximum Gasteiger partial charge on any atom is 0.126 e. The van der Waals surface area contributed by atoms with Crippen molar-refractivity contribution in [3.63, 3.8) is 0 Å². The van der Waals surface area contributed by atoms with E-state index in [1.807, 2.05) is 30.3 Å². The molecule has 0 aromatic heterocycles. The Hall–Kier alpha value is -1.24. The van der Waals surface area contributed by atoms with E-state index in [1.165, 1.54) is 5.57 Å². The summed E-state index contributed by atoms with van der Waals surface area (Å²) >= 11 is 0. The van der Waals surface area contributed by atoms with Crippen LogP contribution in [-0.2, 0) is 0 Å². The zero-order valence-corrected chi connectivity index (χ0v) is 7.58. The van der Waals surface area contributed by atoms with Gasteiger partial charge in [-0.3, -0.25) is 0 Å². The van der Waals surface area contributed by atoms with E-state index in [0.29, 0.717) is 0 Å². The lowest BCUT2D eigenvalue weighted by atomic mass is 10.3. The van der Waals surface area contributed by atoms with Crippen molar-refractivity contribution in [2.45, 2.75) is 20.3 Å². The third kappa shape index (κ3) is 2.79. The van der Waals surface area contributed by atoms with E-state index in [9.17, 15) is 0 Å². The van der Waals surface area contributed by atoms with Crippen LogP contribution in [0.1, 0.15) is 20.3 Å². The summed E-state index contributed by atoms with van der Waals surface area (Å²) in [6.07, 6.45) is 2.84. The van der Waals surface area contributed by atoms with Crippen LogP contribution in [0.5, 0.6) is 5.75 Å². The van der Waals surface area contributed by atoms with Crippen molar-refractivity contribution >= 4 is 0 Å². The van der Waals surface area contributed by atoms with Gasteiger partial charge in [0.15, 0.2) is 0 Å². The highest BCUT2D eigenvalue weighted by Crippen LogP contribution is 2.10. The smallest absolute Gasteiger partial charge is 0.126 e. The van der Waals surface area contributed by atoms with Crippen LogP contribution >= 0.6 is 0 Å². The fourth-order valence-electron chi connectivity index (χ4n) is 0.751.